The summed E-state index contributed by atoms with van der Waals surface area (Å²) in [5, 5.41) is 0. The van der Waals surface area contributed by atoms with Gasteiger partial charge in [0.05, 0.1) is 13.0 Å². The third-order valence-electron chi connectivity index (χ3n) is 2.57. The quantitative estimate of drug-likeness (QED) is 0.848. The second-order valence-electron chi connectivity index (χ2n) is 3.55. The molecule has 0 aliphatic heterocycles. The molecule has 1 aromatic carbocycles. The fourth-order valence-electron chi connectivity index (χ4n) is 1.52. The Labute approximate surface area is 92.2 Å². The van der Waals surface area contributed by atoms with Gasteiger partial charge in [-0.3, -0.25) is 4.79 Å². The molecule has 0 aliphatic rings. The van der Waals surface area contributed by atoms with E-state index in [1.54, 1.807) is 19.1 Å². The SMILES string of the molecule is COc1cc(C(C)C(N)=O)cc2ncoc12. The topological polar surface area (TPSA) is 78.4 Å². The summed E-state index contributed by atoms with van der Waals surface area (Å²) in [6, 6.07) is 3.51. The molecule has 84 valence electrons. The standard InChI is InChI=1S/C11H12N2O3/c1-6(11(12)14)7-3-8-10(16-5-13-8)9(4-7)15-2/h3-6H,1-2H3,(H2,12,14). The van der Waals surface area contributed by atoms with Crippen LogP contribution in [0.3, 0.4) is 0 Å². The summed E-state index contributed by atoms with van der Waals surface area (Å²) >= 11 is 0. The number of hydrogen-bond acceptors (Lipinski definition) is 4. The van der Waals surface area contributed by atoms with Crippen molar-refractivity contribution in [3.8, 4) is 5.75 Å². The number of aromatic nitrogens is 1. The summed E-state index contributed by atoms with van der Waals surface area (Å²) in [5.41, 5.74) is 7.25. The zero-order chi connectivity index (χ0) is 11.7. The minimum atomic E-state index is -0.384. The summed E-state index contributed by atoms with van der Waals surface area (Å²) in [6.07, 6.45) is 1.34. The van der Waals surface area contributed by atoms with Crippen molar-refractivity contribution < 1.29 is 13.9 Å². The summed E-state index contributed by atoms with van der Waals surface area (Å²) in [6.45, 7) is 1.74. The van der Waals surface area contributed by atoms with Gasteiger partial charge in [-0.15, -0.1) is 0 Å². The lowest BCUT2D eigenvalue weighted by Crippen LogP contribution is -2.18. The predicted octanol–water partition coefficient (Wildman–Crippen LogP) is 1.43. The Morgan fingerprint density at radius 3 is 2.94 bits per heavy atom. The number of carbonyl (C=O) groups excluding carboxylic acids is 1. The van der Waals surface area contributed by atoms with Crippen LogP contribution in [0.25, 0.3) is 11.1 Å². The van der Waals surface area contributed by atoms with Crippen LogP contribution in [0.15, 0.2) is 22.9 Å². The first-order chi connectivity index (χ1) is 7.63. The number of ether oxygens (including phenoxy) is 1. The van der Waals surface area contributed by atoms with Gasteiger partial charge in [0, 0.05) is 0 Å². The Bertz CT molecular complexity index is 533. The van der Waals surface area contributed by atoms with E-state index in [1.165, 1.54) is 13.5 Å². The average molecular weight is 220 g/mol. The Hall–Kier alpha value is -2.04. The highest BCUT2D eigenvalue weighted by molar-refractivity contribution is 5.85. The van der Waals surface area contributed by atoms with Gasteiger partial charge in [0.2, 0.25) is 5.91 Å². The normalized spacial score (nSPS) is 12.6. The molecule has 0 spiro atoms. The Morgan fingerprint density at radius 2 is 2.31 bits per heavy atom. The number of benzene rings is 1. The van der Waals surface area contributed by atoms with Crippen molar-refractivity contribution >= 4 is 17.0 Å². The molecule has 1 amide bonds. The van der Waals surface area contributed by atoms with Crippen molar-refractivity contribution in [2.75, 3.05) is 7.11 Å². The lowest BCUT2D eigenvalue weighted by Gasteiger charge is -2.09. The molecule has 0 fully saturated rings. The molecule has 0 bridgehead atoms. The molecular formula is C11H12N2O3. The van der Waals surface area contributed by atoms with Gasteiger partial charge < -0.3 is 14.9 Å². The van der Waals surface area contributed by atoms with Gasteiger partial charge in [0.25, 0.3) is 0 Å². The molecular weight excluding hydrogens is 208 g/mol. The Balaban J connectivity index is 2.59. The van der Waals surface area contributed by atoms with Crippen LogP contribution in [0.5, 0.6) is 5.75 Å². The number of amides is 1. The van der Waals surface area contributed by atoms with Crippen molar-refractivity contribution in [2.45, 2.75) is 12.8 Å². The van der Waals surface area contributed by atoms with Crippen molar-refractivity contribution in [3.05, 3.63) is 24.1 Å². The zero-order valence-electron chi connectivity index (χ0n) is 9.06. The lowest BCUT2D eigenvalue weighted by atomic mass is 10.00. The number of carbonyl (C=O) groups is 1. The summed E-state index contributed by atoms with van der Waals surface area (Å²) in [5.74, 6) is -0.210. The van der Waals surface area contributed by atoms with Gasteiger partial charge in [0.15, 0.2) is 17.7 Å². The third-order valence-corrected chi connectivity index (χ3v) is 2.57. The highest BCUT2D eigenvalue weighted by Gasteiger charge is 2.16. The molecule has 1 unspecified atom stereocenters. The van der Waals surface area contributed by atoms with E-state index >= 15 is 0 Å². The molecule has 1 heterocycles. The van der Waals surface area contributed by atoms with Gasteiger partial charge in [-0.1, -0.05) is 0 Å². The van der Waals surface area contributed by atoms with E-state index in [4.69, 9.17) is 14.9 Å². The minimum absolute atomic E-state index is 0.380. The average Bonchev–Trinajstić information content (AvgIpc) is 2.74. The van der Waals surface area contributed by atoms with E-state index in [0.29, 0.717) is 16.8 Å². The first kappa shape index (κ1) is 10.5. The molecule has 16 heavy (non-hydrogen) atoms. The van der Waals surface area contributed by atoms with Crippen LogP contribution in [-0.2, 0) is 4.79 Å². The molecule has 2 N–H and O–H groups in total. The van der Waals surface area contributed by atoms with Gasteiger partial charge in [-0.25, -0.2) is 4.98 Å². The van der Waals surface area contributed by atoms with E-state index in [0.717, 1.165) is 5.56 Å². The van der Waals surface area contributed by atoms with Crippen molar-refractivity contribution in [1.82, 2.24) is 4.98 Å². The van der Waals surface area contributed by atoms with Gasteiger partial charge in [0.1, 0.15) is 5.52 Å². The number of hydrogen-bond donors (Lipinski definition) is 1. The molecule has 2 aromatic rings. The maximum Gasteiger partial charge on any atom is 0.224 e. The van der Waals surface area contributed by atoms with Crippen LogP contribution in [0.4, 0.5) is 0 Å². The predicted molar refractivity (Wildman–Crippen MR) is 58.2 cm³/mol. The lowest BCUT2D eigenvalue weighted by molar-refractivity contribution is -0.119. The molecule has 5 nitrogen and oxygen atoms in total. The number of primary amides is 1. The first-order valence-corrected chi connectivity index (χ1v) is 4.84. The van der Waals surface area contributed by atoms with Crippen LogP contribution < -0.4 is 10.5 Å². The number of nitrogens with zero attached hydrogens (tertiary/aromatic N) is 1. The number of methoxy groups -OCH3 is 1. The molecule has 1 atom stereocenters. The highest BCUT2D eigenvalue weighted by atomic mass is 16.5. The zero-order valence-corrected chi connectivity index (χ0v) is 9.06. The van der Waals surface area contributed by atoms with E-state index in [1.807, 2.05) is 0 Å². The summed E-state index contributed by atoms with van der Waals surface area (Å²) < 4.78 is 10.4. The molecule has 1 aromatic heterocycles. The maximum atomic E-state index is 11.1. The second-order valence-corrected chi connectivity index (χ2v) is 3.55. The van der Waals surface area contributed by atoms with Crippen LogP contribution in [0.2, 0.25) is 0 Å². The van der Waals surface area contributed by atoms with E-state index in [9.17, 15) is 4.79 Å². The monoisotopic (exact) mass is 220 g/mol. The number of nitrogens with two attached hydrogens (primary N) is 1. The molecule has 0 saturated carbocycles. The van der Waals surface area contributed by atoms with Gasteiger partial charge >= 0.3 is 0 Å². The van der Waals surface area contributed by atoms with Crippen molar-refractivity contribution in [1.29, 1.82) is 0 Å². The summed E-state index contributed by atoms with van der Waals surface area (Å²) in [4.78, 5) is 15.1. The third kappa shape index (κ3) is 1.60. The van der Waals surface area contributed by atoms with Crippen LogP contribution >= 0.6 is 0 Å². The minimum Gasteiger partial charge on any atom is -0.493 e. The fourth-order valence-corrected chi connectivity index (χ4v) is 1.52. The highest BCUT2D eigenvalue weighted by Crippen LogP contribution is 2.29. The van der Waals surface area contributed by atoms with Gasteiger partial charge in [-0.2, -0.15) is 0 Å². The van der Waals surface area contributed by atoms with Crippen molar-refractivity contribution in [2.24, 2.45) is 5.73 Å². The molecule has 0 aliphatic carbocycles. The van der Waals surface area contributed by atoms with Crippen LogP contribution in [0, 0.1) is 0 Å². The summed E-state index contributed by atoms with van der Waals surface area (Å²) in [7, 11) is 1.54. The molecule has 2 rings (SSSR count). The molecule has 0 radical (unpaired) electrons. The van der Waals surface area contributed by atoms with Crippen molar-refractivity contribution in [3.63, 3.8) is 0 Å². The number of oxazole rings is 1. The molecule has 0 saturated heterocycles. The first-order valence-electron chi connectivity index (χ1n) is 4.84. The maximum absolute atomic E-state index is 11.1. The van der Waals surface area contributed by atoms with E-state index in [2.05, 4.69) is 4.98 Å². The largest absolute Gasteiger partial charge is 0.493 e. The smallest absolute Gasteiger partial charge is 0.224 e. The Kier molecular flexibility index (Phi) is 2.52. The Morgan fingerprint density at radius 1 is 1.56 bits per heavy atom. The van der Waals surface area contributed by atoms with Crippen LogP contribution in [0.1, 0.15) is 18.4 Å². The molecule has 5 heteroatoms. The van der Waals surface area contributed by atoms with Crippen LogP contribution in [-0.4, -0.2) is 18.0 Å². The number of fused-ring (bicyclic) bond motifs is 1. The fraction of sp³-hybridized carbons (Fsp3) is 0.273. The second kappa shape index (κ2) is 3.84. The number of rotatable bonds is 3. The van der Waals surface area contributed by atoms with E-state index < -0.39 is 0 Å². The van der Waals surface area contributed by atoms with Gasteiger partial charge in [-0.05, 0) is 24.6 Å². The van der Waals surface area contributed by atoms with E-state index in [-0.39, 0.29) is 11.8 Å².